The zero-order valence-electron chi connectivity index (χ0n) is 21.1. The Bertz CT molecular complexity index is 1130. The van der Waals surface area contributed by atoms with Crippen LogP contribution in [0.15, 0.2) is 36.4 Å². The maximum atomic E-state index is 13.3. The summed E-state index contributed by atoms with van der Waals surface area (Å²) in [6, 6.07) is 12.2. The number of ether oxygens (including phenoxy) is 1. The van der Waals surface area contributed by atoms with E-state index < -0.39 is 0 Å². The first-order chi connectivity index (χ1) is 16.3. The van der Waals surface area contributed by atoms with Gasteiger partial charge in [0.1, 0.15) is 11.4 Å². The van der Waals surface area contributed by atoms with Crippen LogP contribution in [-0.4, -0.2) is 58.2 Å². The molecule has 3 heterocycles. The highest BCUT2D eigenvalue weighted by atomic mass is 16.5. The number of nitrogens with zero attached hydrogens (tertiary/aromatic N) is 4. The summed E-state index contributed by atoms with van der Waals surface area (Å²) in [5.74, 6) is 0.655. The molecule has 7 heteroatoms. The SMILES string of the molecule is COc1ccc(-c2cc(C(=O)NCCCN3CCCCC3C)n3nc(C(C)(C)C)cc3n2)cc1. The fraction of sp³-hybridized carbons (Fsp3) is 0.519. The van der Waals surface area contributed by atoms with Gasteiger partial charge in [0.2, 0.25) is 0 Å². The van der Waals surface area contributed by atoms with E-state index in [1.54, 1.807) is 11.6 Å². The first kappa shape index (κ1) is 24.2. The molecule has 1 unspecified atom stereocenters. The van der Waals surface area contributed by atoms with Crippen LogP contribution in [0, 0.1) is 0 Å². The molecule has 0 aliphatic carbocycles. The Morgan fingerprint density at radius 3 is 2.62 bits per heavy atom. The Morgan fingerprint density at radius 2 is 1.94 bits per heavy atom. The van der Waals surface area contributed by atoms with Gasteiger partial charge in [-0.05, 0) is 63.1 Å². The van der Waals surface area contributed by atoms with Gasteiger partial charge in [0.25, 0.3) is 5.91 Å². The van der Waals surface area contributed by atoms with Crippen molar-refractivity contribution in [2.45, 2.75) is 64.8 Å². The van der Waals surface area contributed by atoms with Gasteiger partial charge in [-0.1, -0.05) is 27.2 Å². The number of aromatic nitrogens is 3. The molecule has 1 saturated heterocycles. The van der Waals surface area contributed by atoms with Crippen molar-refractivity contribution in [3.05, 3.63) is 47.8 Å². The molecule has 1 fully saturated rings. The Morgan fingerprint density at radius 1 is 1.18 bits per heavy atom. The number of hydrogen-bond acceptors (Lipinski definition) is 5. The van der Waals surface area contributed by atoms with E-state index in [0.29, 0.717) is 23.9 Å². The minimum absolute atomic E-state index is 0.127. The van der Waals surface area contributed by atoms with Gasteiger partial charge in [-0.15, -0.1) is 0 Å². The van der Waals surface area contributed by atoms with E-state index in [9.17, 15) is 4.79 Å². The molecular formula is C27H37N5O2. The van der Waals surface area contributed by atoms with E-state index in [2.05, 4.69) is 37.9 Å². The molecule has 1 amide bonds. The molecule has 1 aliphatic heterocycles. The third-order valence-corrected chi connectivity index (χ3v) is 6.66. The van der Waals surface area contributed by atoms with Gasteiger partial charge in [-0.2, -0.15) is 5.10 Å². The standard InChI is InChI=1S/C27H37N5O2/c1-19-9-6-7-15-31(19)16-8-14-28-26(33)23-17-22(20-10-12-21(34-5)13-11-20)29-25-18-24(27(2,3)4)30-32(23)25/h10-13,17-19H,6-9,14-16H2,1-5H3,(H,28,33). The van der Waals surface area contributed by atoms with Gasteiger partial charge < -0.3 is 15.0 Å². The Hall–Kier alpha value is -2.93. The molecule has 1 aromatic carbocycles. The molecule has 0 saturated carbocycles. The molecule has 1 atom stereocenters. The minimum atomic E-state index is -0.146. The number of hydrogen-bond donors (Lipinski definition) is 1. The second kappa shape index (κ2) is 10.1. The first-order valence-corrected chi connectivity index (χ1v) is 12.3. The van der Waals surface area contributed by atoms with Gasteiger partial charge in [-0.3, -0.25) is 4.79 Å². The molecule has 3 aromatic rings. The largest absolute Gasteiger partial charge is 0.497 e. The lowest BCUT2D eigenvalue weighted by atomic mass is 9.93. The van der Waals surface area contributed by atoms with Crippen LogP contribution in [0.2, 0.25) is 0 Å². The maximum absolute atomic E-state index is 13.3. The summed E-state index contributed by atoms with van der Waals surface area (Å²) in [5, 5.41) is 7.86. The van der Waals surface area contributed by atoms with Crippen LogP contribution in [0.1, 0.15) is 69.6 Å². The van der Waals surface area contributed by atoms with Gasteiger partial charge in [0.15, 0.2) is 5.65 Å². The third kappa shape index (κ3) is 5.41. The zero-order valence-corrected chi connectivity index (χ0v) is 21.1. The Balaban J connectivity index is 1.57. The van der Waals surface area contributed by atoms with E-state index in [1.165, 1.54) is 19.3 Å². The highest BCUT2D eigenvalue weighted by Gasteiger charge is 2.22. The first-order valence-electron chi connectivity index (χ1n) is 12.3. The summed E-state index contributed by atoms with van der Waals surface area (Å²) < 4.78 is 6.96. The van der Waals surface area contributed by atoms with Gasteiger partial charge in [0.05, 0.1) is 18.5 Å². The lowest BCUT2D eigenvalue weighted by molar-refractivity contribution is 0.0941. The van der Waals surface area contributed by atoms with Crippen molar-refractivity contribution in [1.29, 1.82) is 0 Å². The van der Waals surface area contributed by atoms with Crippen LogP contribution in [-0.2, 0) is 5.41 Å². The summed E-state index contributed by atoms with van der Waals surface area (Å²) in [4.78, 5) is 20.6. The van der Waals surface area contributed by atoms with Crippen LogP contribution >= 0.6 is 0 Å². The number of benzene rings is 1. The number of nitrogens with one attached hydrogen (secondary N) is 1. The average molecular weight is 464 g/mol. The number of fused-ring (bicyclic) bond motifs is 1. The fourth-order valence-corrected chi connectivity index (χ4v) is 4.48. The predicted molar refractivity (Wildman–Crippen MR) is 136 cm³/mol. The van der Waals surface area contributed by atoms with Crippen molar-refractivity contribution >= 4 is 11.6 Å². The fourth-order valence-electron chi connectivity index (χ4n) is 4.48. The van der Waals surface area contributed by atoms with Gasteiger partial charge in [0, 0.05) is 36.2 Å². The molecule has 1 N–H and O–H groups in total. The number of rotatable bonds is 7. The molecule has 7 nitrogen and oxygen atoms in total. The van der Waals surface area contributed by atoms with E-state index >= 15 is 0 Å². The number of methoxy groups -OCH3 is 1. The highest BCUT2D eigenvalue weighted by molar-refractivity contribution is 5.94. The maximum Gasteiger partial charge on any atom is 0.270 e. The Labute approximate surface area is 202 Å². The van der Waals surface area contributed by atoms with Gasteiger partial charge >= 0.3 is 0 Å². The van der Waals surface area contributed by atoms with Crippen molar-refractivity contribution in [3.8, 4) is 17.0 Å². The second-order valence-electron chi connectivity index (χ2n) is 10.3. The number of likely N-dealkylation sites (tertiary alicyclic amines) is 1. The molecule has 34 heavy (non-hydrogen) atoms. The lowest BCUT2D eigenvalue weighted by Crippen LogP contribution is -2.39. The van der Waals surface area contributed by atoms with Crippen LogP contribution < -0.4 is 10.1 Å². The van der Waals surface area contributed by atoms with Crippen molar-refractivity contribution in [2.24, 2.45) is 0 Å². The zero-order chi connectivity index (χ0) is 24.3. The minimum Gasteiger partial charge on any atom is -0.497 e. The molecule has 0 radical (unpaired) electrons. The van der Waals surface area contributed by atoms with Crippen molar-refractivity contribution in [2.75, 3.05) is 26.7 Å². The van der Waals surface area contributed by atoms with E-state index in [-0.39, 0.29) is 11.3 Å². The van der Waals surface area contributed by atoms with Crippen LogP contribution in [0.5, 0.6) is 5.75 Å². The number of amides is 1. The number of carbonyl (C=O) groups excluding carboxylic acids is 1. The molecule has 182 valence electrons. The molecule has 1 aliphatic rings. The summed E-state index contributed by atoms with van der Waals surface area (Å²) >= 11 is 0. The Kier molecular flexibility index (Phi) is 7.22. The summed E-state index contributed by atoms with van der Waals surface area (Å²) in [7, 11) is 1.65. The van der Waals surface area contributed by atoms with E-state index in [0.717, 1.165) is 42.2 Å². The predicted octanol–water partition coefficient (Wildman–Crippen LogP) is 4.70. The van der Waals surface area contributed by atoms with Crippen molar-refractivity contribution < 1.29 is 9.53 Å². The summed E-state index contributed by atoms with van der Waals surface area (Å²) in [6.07, 6.45) is 4.80. The van der Waals surface area contributed by atoms with Crippen LogP contribution in [0.3, 0.4) is 0 Å². The monoisotopic (exact) mass is 463 g/mol. The normalized spacial score (nSPS) is 17.1. The third-order valence-electron chi connectivity index (χ3n) is 6.66. The topological polar surface area (TPSA) is 71.8 Å². The summed E-state index contributed by atoms with van der Waals surface area (Å²) in [5.41, 5.74) is 3.59. The average Bonchev–Trinajstić information content (AvgIpc) is 3.27. The van der Waals surface area contributed by atoms with Crippen LogP contribution in [0.4, 0.5) is 0 Å². The smallest absolute Gasteiger partial charge is 0.270 e. The van der Waals surface area contributed by atoms with E-state index in [4.69, 9.17) is 14.8 Å². The van der Waals surface area contributed by atoms with Gasteiger partial charge in [-0.25, -0.2) is 9.50 Å². The molecule has 4 rings (SSSR count). The quantitative estimate of drug-likeness (QED) is 0.515. The second-order valence-corrected chi connectivity index (χ2v) is 10.3. The van der Waals surface area contributed by atoms with Crippen LogP contribution in [0.25, 0.3) is 16.9 Å². The van der Waals surface area contributed by atoms with Crippen molar-refractivity contribution in [1.82, 2.24) is 24.8 Å². The van der Waals surface area contributed by atoms with E-state index in [1.807, 2.05) is 36.4 Å². The number of piperidine rings is 1. The molecular weight excluding hydrogens is 426 g/mol. The molecule has 2 aromatic heterocycles. The highest BCUT2D eigenvalue weighted by Crippen LogP contribution is 2.26. The molecule has 0 spiro atoms. The molecule has 0 bridgehead atoms. The number of carbonyl (C=O) groups is 1. The summed E-state index contributed by atoms with van der Waals surface area (Å²) in [6.45, 7) is 11.4. The van der Waals surface area contributed by atoms with Crippen molar-refractivity contribution in [3.63, 3.8) is 0 Å². The lowest BCUT2D eigenvalue weighted by Gasteiger charge is -2.33.